The van der Waals surface area contributed by atoms with Crippen LogP contribution in [0.4, 0.5) is 0 Å². The van der Waals surface area contributed by atoms with Gasteiger partial charge in [-0.1, -0.05) is 29.8 Å². The van der Waals surface area contributed by atoms with Gasteiger partial charge in [0, 0.05) is 23.0 Å². The highest BCUT2D eigenvalue weighted by atomic mass is 16.2. The van der Waals surface area contributed by atoms with E-state index >= 15 is 0 Å². The number of aryl methyl sites for hydroxylation is 2. The second-order valence-electron chi connectivity index (χ2n) is 6.40. The predicted molar refractivity (Wildman–Crippen MR) is 96.0 cm³/mol. The number of rotatable bonds is 5. The molecule has 128 valence electrons. The molecule has 1 heterocycles. The highest BCUT2D eigenvalue weighted by molar-refractivity contribution is 5.83. The molecule has 5 heteroatoms. The van der Waals surface area contributed by atoms with Crippen molar-refractivity contribution in [2.24, 2.45) is 0 Å². The van der Waals surface area contributed by atoms with E-state index in [4.69, 9.17) is 0 Å². The largest absolute Gasteiger partial charge is 0.363 e. The summed E-state index contributed by atoms with van der Waals surface area (Å²) in [7, 11) is 3.76. The molecule has 5 nitrogen and oxygen atoms in total. The first-order chi connectivity index (χ1) is 11.3. The fourth-order valence-corrected chi connectivity index (χ4v) is 2.78. The maximum absolute atomic E-state index is 12.7. The SMILES string of the molecule is Cc1cccc([C@@H](C(=O)NCc2[nH]cc(C)c(=O)c2C)N(C)C)c1. The summed E-state index contributed by atoms with van der Waals surface area (Å²) in [5.74, 6) is -0.0913. The van der Waals surface area contributed by atoms with Gasteiger partial charge in [0.15, 0.2) is 5.43 Å². The van der Waals surface area contributed by atoms with Gasteiger partial charge >= 0.3 is 0 Å². The van der Waals surface area contributed by atoms with E-state index in [1.807, 2.05) is 50.2 Å². The number of aromatic amines is 1. The van der Waals surface area contributed by atoms with E-state index in [9.17, 15) is 9.59 Å². The minimum Gasteiger partial charge on any atom is -0.363 e. The Labute approximate surface area is 142 Å². The van der Waals surface area contributed by atoms with Gasteiger partial charge in [-0.05, 0) is 40.4 Å². The van der Waals surface area contributed by atoms with Crippen LogP contribution in [-0.4, -0.2) is 29.9 Å². The standard InChI is InChI=1S/C19H25N3O2/c1-12-7-6-8-15(9-12)17(22(4)5)19(24)21-11-16-14(3)18(23)13(2)10-20-16/h6-10,17H,11H2,1-5H3,(H,20,23)(H,21,24)/t17-/m0/s1. The van der Waals surface area contributed by atoms with Gasteiger partial charge in [-0.25, -0.2) is 0 Å². The number of benzene rings is 1. The van der Waals surface area contributed by atoms with Crippen molar-refractivity contribution in [3.63, 3.8) is 0 Å². The third-order valence-corrected chi connectivity index (χ3v) is 4.18. The average Bonchev–Trinajstić information content (AvgIpc) is 2.52. The number of likely N-dealkylation sites (N-methyl/N-ethyl adjacent to an activating group) is 1. The van der Waals surface area contributed by atoms with E-state index in [1.165, 1.54) is 0 Å². The number of pyridine rings is 1. The van der Waals surface area contributed by atoms with Crippen LogP contribution in [-0.2, 0) is 11.3 Å². The van der Waals surface area contributed by atoms with Gasteiger partial charge in [-0.3, -0.25) is 14.5 Å². The maximum Gasteiger partial charge on any atom is 0.242 e. The third-order valence-electron chi connectivity index (χ3n) is 4.18. The monoisotopic (exact) mass is 327 g/mol. The Bertz CT molecular complexity index is 793. The van der Waals surface area contributed by atoms with Crippen LogP contribution in [0.2, 0.25) is 0 Å². The molecule has 1 atom stereocenters. The van der Waals surface area contributed by atoms with Crippen molar-refractivity contribution in [2.75, 3.05) is 14.1 Å². The first-order valence-electron chi connectivity index (χ1n) is 7.99. The van der Waals surface area contributed by atoms with E-state index < -0.39 is 0 Å². The Kier molecular flexibility index (Phi) is 5.57. The van der Waals surface area contributed by atoms with Gasteiger partial charge in [0.1, 0.15) is 6.04 Å². The molecule has 0 fully saturated rings. The second-order valence-corrected chi connectivity index (χ2v) is 6.40. The molecule has 1 aromatic carbocycles. The molecule has 0 aliphatic carbocycles. The van der Waals surface area contributed by atoms with Crippen LogP contribution in [0, 0.1) is 20.8 Å². The molecular formula is C19H25N3O2. The molecule has 2 rings (SSSR count). The normalized spacial score (nSPS) is 12.2. The fourth-order valence-electron chi connectivity index (χ4n) is 2.78. The summed E-state index contributed by atoms with van der Waals surface area (Å²) in [5, 5.41) is 2.94. The minimum absolute atomic E-state index is 0.0147. The van der Waals surface area contributed by atoms with Gasteiger partial charge in [-0.2, -0.15) is 0 Å². The van der Waals surface area contributed by atoms with E-state index in [1.54, 1.807) is 20.0 Å². The zero-order valence-corrected chi connectivity index (χ0v) is 14.9. The number of H-pyrrole nitrogens is 1. The van der Waals surface area contributed by atoms with E-state index in [0.717, 1.165) is 16.8 Å². The molecule has 24 heavy (non-hydrogen) atoms. The van der Waals surface area contributed by atoms with E-state index in [2.05, 4.69) is 10.3 Å². The van der Waals surface area contributed by atoms with Crippen molar-refractivity contribution in [3.05, 3.63) is 68.6 Å². The van der Waals surface area contributed by atoms with Crippen LogP contribution in [0.5, 0.6) is 0 Å². The number of nitrogens with one attached hydrogen (secondary N) is 2. The molecule has 0 unspecified atom stereocenters. The molecule has 0 bridgehead atoms. The summed E-state index contributed by atoms with van der Waals surface area (Å²) < 4.78 is 0. The number of carbonyl (C=O) groups is 1. The number of amides is 1. The molecule has 0 aliphatic heterocycles. The zero-order chi connectivity index (χ0) is 17.9. The summed E-state index contributed by atoms with van der Waals surface area (Å²) >= 11 is 0. The highest BCUT2D eigenvalue weighted by Gasteiger charge is 2.23. The van der Waals surface area contributed by atoms with Crippen molar-refractivity contribution in [1.29, 1.82) is 0 Å². The summed E-state index contributed by atoms with van der Waals surface area (Å²) in [5.41, 5.74) is 4.14. The van der Waals surface area contributed by atoms with Gasteiger partial charge in [0.2, 0.25) is 5.91 Å². The Hall–Kier alpha value is -2.40. The average molecular weight is 327 g/mol. The number of hydrogen-bond donors (Lipinski definition) is 2. The van der Waals surface area contributed by atoms with Crippen LogP contribution in [0.1, 0.15) is 34.0 Å². The van der Waals surface area contributed by atoms with Crippen molar-refractivity contribution in [2.45, 2.75) is 33.4 Å². The number of aromatic nitrogens is 1. The van der Waals surface area contributed by atoms with E-state index in [-0.39, 0.29) is 17.4 Å². The van der Waals surface area contributed by atoms with Crippen molar-refractivity contribution in [1.82, 2.24) is 15.2 Å². The highest BCUT2D eigenvalue weighted by Crippen LogP contribution is 2.19. The Morgan fingerprint density at radius 3 is 2.58 bits per heavy atom. The van der Waals surface area contributed by atoms with Gasteiger partial charge in [-0.15, -0.1) is 0 Å². The molecule has 0 radical (unpaired) electrons. The lowest BCUT2D eigenvalue weighted by Gasteiger charge is -2.24. The Morgan fingerprint density at radius 2 is 1.96 bits per heavy atom. The van der Waals surface area contributed by atoms with Crippen LogP contribution in [0.3, 0.4) is 0 Å². The van der Waals surface area contributed by atoms with Crippen LogP contribution in [0.25, 0.3) is 0 Å². The summed E-state index contributed by atoms with van der Waals surface area (Å²) in [6.07, 6.45) is 1.68. The maximum atomic E-state index is 12.7. The molecule has 0 spiro atoms. The molecule has 2 aromatic rings. The van der Waals surface area contributed by atoms with Gasteiger partial charge < -0.3 is 10.3 Å². The fraction of sp³-hybridized carbons (Fsp3) is 0.368. The summed E-state index contributed by atoms with van der Waals surface area (Å²) in [6.45, 7) is 5.86. The molecule has 2 N–H and O–H groups in total. The molecule has 0 saturated carbocycles. The first-order valence-corrected chi connectivity index (χ1v) is 7.99. The lowest BCUT2D eigenvalue weighted by Crippen LogP contribution is -2.37. The quantitative estimate of drug-likeness (QED) is 0.885. The molecule has 1 amide bonds. The van der Waals surface area contributed by atoms with Crippen molar-refractivity contribution < 1.29 is 4.79 Å². The molecule has 0 saturated heterocycles. The molecule has 0 aliphatic rings. The second kappa shape index (κ2) is 7.45. The predicted octanol–water partition coefficient (Wildman–Crippen LogP) is 2.22. The summed E-state index contributed by atoms with van der Waals surface area (Å²) in [6, 6.07) is 7.56. The van der Waals surface area contributed by atoms with Crippen molar-refractivity contribution >= 4 is 5.91 Å². The number of carbonyl (C=O) groups excluding carboxylic acids is 1. The minimum atomic E-state index is -0.373. The number of hydrogen-bond acceptors (Lipinski definition) is 3. The smallest absolute Gasteiger partial charge is 0.242 e. The van der Waals surface area contributed by atoms with Crippen LogP contribution < -0.4 is 10.7 Å². The molecule has 1 aromatic heterocycles. The Balaban J connectivity index is 2.18. The van der Waals surface area contributed by atoms with Crippen LogP contribution in [0.15, 0.2) is 35.3 Å². The van der Waals surface area contributed by atoms with Gasteiger partial charge in [0.05, 0.1) is 6.54 Å². The van der Waals surface area contributed by atoms with Crippen LogP contribution >= 0.6 is 0 Å². The topological polar surface area (TPSA) is 65.2 Å². The lowest BCUT2D eigenvalue weighted by molar-refractivity contribution is -0.126. The molecular weight excluding hydrogens is 302 g/mol. The number of nitrogens with zero attached hydrogens (tertiary/aromatic N) is 1. The first kappa shape index (κ1) is 17.9. The Morgan fingerprint density at radius 1 is 1.25 bits per heavy atom. The van der Waals surface area contributed by atoms with E-state index in [0.29, 0.717) is 17.7 Å². The third kappa shape index (κ3) is 3.92. The lowest BCUT2D eigenvalue weighted by atomic mass is 10.0. The van der Waals surface area contributed by atoms with Crippen molar-refractivity contribution in [3.8, 4) is 0 Å². The summed E-state index contributed by atoms with van der Waals surface area (Å²) in [4.78, 5) is 29.7. The zero-order valence-electron chi connectivity index (χ0n) is 14.9. The van der Waals surface area contributed by atoms with Gasteiger partial charge in [0.25, 0.3) is 0 Å².